The van der Waals surface area contributed by atoms with E-state index in [4.69, 9.17) is 0 Å². The molecule has 134 valence electrons. The second-order valence-electron chi connectivity index (χ2n) is 6.71. The monoisotopic (exact) mass is 350 g/mol. The Morgan fingerprint density at radius 2 is 2.04 bits per heavy atom. The molecule has 0 radical (unpaired) electrons. The summed E-state index contributed by atoms with van der Waals surface area (Å²) in [5.41, 5.74) is 4.23. The van der Waals surface area contributed by atoms with Crippen LogP contribution in [-0.2, 0) is 11.2 Å². The molecule has 0 spiro atoms. The summed E-state index contributed by atoms with van der Waals surface area (Å²) in [7, 11) is 0. The van der Waals surface area contributed by atoms with Gasteiger partial charge in [0.15, 0.2) is 0 Å². The fraction of sp³-hybridized carbons (Fsp3) is 0.368. The van der Waals surface area contributed by atoms with Gasteiger partial charge in [-0.25, -0.2) is 4.68 Å². The Bertz CT molecular complexity index is 913. The van der Waals surface area contributed by atoms with E-state index in [9.17, 15) is 4.79 Å². The second kappa shape index (κ2) is 6.74. The average Bonchev–Trinajstić information content (AvgIpc) is 3.28. The Morgan fingerprint density at radius 3 is 2.77 bits per heavy atom. The zero-order valence-corrected chi connectivity index (χ0v) is 15.0. The molecule has 7 nitrogen and oxygen atoms in total. The first-order valence-corrected chi connectivity index (χ1v) is 8.93. The number of amides is 1. The van der Waals surface area contributed by atoms with Crippen LogP contribution < -0.4 is 5.32 Å². The molecule has 3 aromatic heterocycles. The summed E-state index contributed by atoms with van der Waals surface area (Å²) in [6, 6.07) is 5.43. The third-order valence-corrected chi connectivity index (χ3v) is 5.02. The highest BCUT2D eigenvalue weighted by Gasteiger charge is 2.28. The molecule has 3 aromatic rings. The number of aryl methyl sites for hydroxylation is 1. The zero-order valence-electron chi connectivity index (χ0n) is 15.0. The third kappa shape index (κ3) is 2.89. The van der Waals surface area contributed by atoms with E-state index in [0.717, 1.165) is 41.9 Å². The molecule has 26 heavy (non-hydrogen) atoms. The third-order valence-electron chi connectivity index (χ3n) is 5.02. The fourth-order valence-corrected chi connectivity index (χ4v) is 3.60. The molecule has 0 saturated carbocycles. The number of nitrogens with one attached hydrogen (secondary N) is 1. The van der Waals surface area contributed by atoms with Gasteiger partial charge in [-0.15, -0.1) is 0 Å². The number of carbonyl (C=O) groups excluding carboxylic acids is 1. The van der Waals surface area contributed by atoms with Crippen LogP contribution >= 0.6 is 0 Å². The summed E-state index contributed by atoms with van der Waals surface area (Å²) in [5.74, 6) is -0.0219. The van der Waals surface area contributed by atoms with Gasteiger partial charge in [-0.2, -0.15) is 10.2 Å². The van der Waals surface area contributed by atoms with Crippen LogP contribution in [0.15, 0.2) is 43.0 Å². The minimum Gasteiger partial charge on any atom is -0.347 e. The molecule has 1 N–H and O–H groups in total. The maximum absolute atomic E-state index is 12.7. The number of carbonyl (C=O) groups is 1. The molecule has 1 aliphatic carbocycles. The molecule has 0 fully saturated rings. The molecule has 4 rings (SSSR count). The van der Waals surface area contributed by atoms with Crippen molar-refractivity contribution in [2.45, 2.75) is 45.2 Å². The number of aromatic nitrogens is 5. The van der Waals surface area contributed by atoms with Crippen molar-refractivity contribution in [3.05, 3.63) is 59.9 Å². The molecule has 0 saturated heterocycles. The average molecular weight is 350 g/mol. The number of fused-ring (bicyclic) bond motifs is 1. The summed E-state index contributed by atoms with van der Waals surface area (Å²) in [6.45, 7) is 3.83. The van der Waals surface area contributed by atoms with E-state index in [2.05, 4.69) is 20.5 Å². The van der Waals surface area contributed by atoms with Crippen LogP contribution in [0.3, 0.4) is 0 Å². The lowest BCUT2D eigenvalue weighted by Crippen LogP contribution is -2.36. The first-order valence-electron chi connectivity index (χ1n) is 8.93. The Balaban J connectivity index is 1.56. The number of rotatable bonds is 4. The van der Waals surface area contributed by atoms with Crippen molar-refractivity contribution in [1.82, 2.24) is 29.9 Å². The highest BCUT2D eigenvalue weighted by molar-refractivity contribution is 5.80. The van der Waals surface area contributed by atoms with Gasteiger partial charge < -0.3 is 5.32 Å². The SMILES string of the molecule is Cc1ccnn1[C@H](C)C(=O)N[C@H]1CCCc2c1cnn2-c1ccncc1. The smallest absolute Gasteiger partial charge is 0.245 e. The first kappa shape index (κ1) is 16.5. The predicted molar refractivity (Wildman–Crippen MR) is 96.9 cm³/mol. The van der Waals surface area contributed by atoms with Crippen molar-refractivity contribution in [3.8, 4) is 5.69 Å². The topological polar surface area (TPSA) is 77.6 Å². The summed E-state index contributed by atoms with van der Waals surface area (Å²) in [4.78, 5) is 16.8. The molecule has 2 atom stereocenters. The van der Waals surface area contributed by atoms with Crippen molar-refractivity contribution < 1.29 is 4.79 Å². The van der Waals surface area contributed by atoms with Crippen LogP contribution in [0, 0.1) is 6.92 Å². The predicted octanol–water partition coefficient (Wildman–Crippen LogP) is 2.53. The number of hydrogen-bond acceptors (Lipinski definition) is 4. The number of nitrogens with zero attached hydrogens (tertiary/aromatic N) is 5. The summed E-state index contributed by atoms with van der Waals surface area (Å²) in [6.07, 6.45) is 10.0. The molecular formula is C19H22N6O. The summed E-state index contributed by atoms with van der Waals surface area (Å²) < 4.78 is 3.70. The standard InChI is InChI=1S/C19H22N6O/c1-13-6-11-21-24(13)14(2)19(26)23-17-4-3-5-18-16(17)12-22-25(18)15-7-9-20-10-8-15/h6-12,14,17H,3-5H2,1-2H3,(H,23,26)/t14-,17+/m1/s1. The van der Waals surface area contributed by atoms with E-state index < -0.39 is 0 Å². The Hall–Kier alpha value is -2.96. The molecule has 1 amide bonds. The molecule has 0 bridgehead atoms. The highest BCUT2D eigenvalue weighted by Crippen LogP contribution is 2.31. The summed E-state index contributed by atoms with van der Waals surface area (Å²) in [5, 5.41) is 12.0. The molecule has 3 heterocycles. The van der Waals surface area contributed by atoms with Crippen LogP contribution in [0.1, 0.15) is 48.8 Å². The van der Waals surface area contributed by atoms with Gasteiger partial charge in [-0.3, -0.25) is 14.5 Å². The summed E-state index contributed by atoms with van der Waals surface area (Å²) >= 11 is 0. The Morgan fingerprint density at radius 1 is 1.23 bits per heavy atom. The lowest BCUT2D eigenvalue weighted by atomic mass is 9.92. The van der Waals surface area contributed by atoms with Gasteiger partial charge >= 0.3 is 0 Å². The fourth-order valence-electron chi connectivity index (χ4n) is 3.60. The lowest BCUT2D eigenvalue weighted by Gasteiger charge is -2.26. The van der Waals surface area contributed by atoms with E-state index in [1.807, 2.05) is 42.9 Å². The van der Waals surface area contributed by atoms with Crippen molar-refractivity contribution in [3.63, 3.8) is 0 Å². The van der Waals surface area contributed by atoms with Gasteiger partial charge in [-0.1, -0.05) is 0 Å². The van der Waals surface area contributed by atoms with Gasteiger partial charge in [0.2, 0.25) is 5.91 Å². The van der Waals surface area contributed by atoms with Crippen LogP contribution in [0.25, 0.3) is 5.69 Å². The molecular weight excluding hydrogens is 328 g/mol. The number of hydrogen-bond donors (Lipinski definition) is 1. The van der Waals surface area contributed by atoms with Crippen molar-refractivity contribution >= 4 is 5.91 Å². The van der Waals surface area contributed by atoms with E-state index in [1.54, 1.807) is 23.3 Å². The van der Waals surface area contributed by atoms with Crippen LogP contribution in [0.5, 0.6) is 0 Å². The molecule has 0 unspecified atom stereocenters. The Labute approximate surface area is 152 Å². The van der Waals surface area contributed by atoms with E-state index in [-0.39, 0.29) is 18.0 Å². The quantitative estimate of drug-likeness (QED) is 0.784. The normalized spacial score (nSPS) is 17.5. The largest absolute Gasteiger partial charge is 0.347 e. The lowest BCUT2D eigenvalue weighted by molar-refractivity contribution is -0.125. The van der Waals surface area contributed by atoms with E-state index in [0.29, 0.717) is 0 Å². The van der Waals surface area contributed by atoms with Gasteiger partial charge in [0, 0.05) is 35.5 Å². The molecule has 0 aromatic carbocycles. The van der Waals surface area contributed by atoms with Gasteiger partial charge in [0.25, 0.3) is 0 Å². The number of pyridine rings is 1. The van der Waals surface area contributed by atoms with E-state index in [1.165, 1.54) is 0 Å². The zero-order chi connectivity index (χ0) is 18.1. The molecule has 0 aliphatic heterocycles. The second-order valence-corrected chi connectivity index (χ2v) is 6.71. The van der Waals surface area contributed by atoms with Gasteiger partial charge in [-0.05, 0) is 51.3 Å². The minimum atomic E-state index is -0.342. The van der Waals surface area contributed by atoms with Crippen LogP contribution in [0.2, 0.25) is 0 Å². The minimum absolute atomic E-state index is 0.0137. The van der Waals surface area contributed by atoms with Crippen molar-refractivity contribution in [2.75, 3.05) is 0 Å². The van der Waals surface area contributed by atoms with Gasteiger partial charge in [0.05, 0.1) is 17.9 Å². The van der Waals surface area contributed by atoms with Crippen molar-refractivity contribution in [1.29, 1.82) is 0 Å². The van der Waals surface area contributed by atoms with Crippen LogP contribution in [0.4, 0.5) is 0 Å². The highest BCUT2D eigenvalue weighted by atomic mass is 16.2. The molecule has 7 heteroatoms. The maximum Gasteiger partial charge on any atom is 0.245 e. The first-order chi connectivity index (χ1) is 12.6. The Kier molecular flexibility index (Phi) is 4.28. The maximum atomic E-state index is 12.7. The van der Waals surface area contributed by atoms with Crippen LogP contribution in [-0.4, -0.2) is 30.5 Å². The van der Waals surface area contributed by atoms with Gasteiger partial charge in [0.1, 0.15) is 6.04 Å². The van der Waals surface area contributed by atoms with E-state index >= 15 is 0 Å². The van der Waals surface area contributed by atoms with Crippen molar-refractivity contribution in [2.24, 2.45) is 0 Å². The molecule has 1 aliphatic rings.